The number of sulfone groups is 1. The van der Waals surface area contributed by atoms with E-state index in [4.69, 9.17) is 37.4 Å². The molecule has 1 amide bonds. The molecule has 1 saturated carbocycles. The molecule has 0 bridgehead atoms. The molecule has 45 heavy (non-hydrogen) atoms. The van der Waals surface area contributed by atoms with Crippen LogP contribution < -0.4 is 18.9 Å². The Labute approximate surface area is 269 Å². The number of hydrogen-bond acceptors (Lipinski definition) is 8. The van der Waals surface area contributed by atoms with Crippen LogP contribution in [0.15, 0.2) is 48.8 Å². The summed E-state index contributed by atoms with van der Waals surface area (Å²) in [6, 6.07) is 9.16. The largest absolute Gasteiger partial charge is 0.619 e. The molecule has 0 radical (unpaired) electrons. The highest BCUT2D eigenvalue weighted by Crippen LogP contribution is 2.38. The van der Waals surface area contributed by atoms with Crippen molar-refractivity contribution >= 4 is 39.1 Å². The van der Waals surface area contributed by atoms with Crippen molar-refractivity contribution < 1.29 is 45.7 Å². The molecule has 3 aromatic rings. The first-order valence-electron chi connectivity index (χ1n) is 13.8. The van der Waals surface area contributed by atoms with Crippen LogP contribution in [0.4, 0.5) is 13.6 Å². The van der Waals surface area contributed by atoms with Gasteiger partial charge in [-0.3, -0.25) is 0 Å². The summed E-state index contributed by atoms with van der Waals surface area (Å²) in [4.78, 5) is 14.7. The Morgan fingerprint density at radius 3 is 2.36 bits per heavy atom. The van der Waals surface area contributed by atoms with Crippen molar-refractivity contribution in [2.45, 2.75) is 44.3 Å². The fraction of sp³-hybridized carbons (Fsp3) is 0.400. The number of pyridine rings is 1. The number of benzene rings is 2. The van der Waals surface area contributed by atoms with Gasteiger partial charge in [0.1, 0.15) is 21.9 Å². The molecule has 1 atom stereocenters. The molecule has 1 heterocycles. The van der Waals surface area contributed by atoms with Crippen molar-refractivity contribution in [3.63, 3.8) is 0 Å². The highest BCUT2D eigenvalue weighted by molar-refractivity contribution is 7.89. The predicted molar refractivity (Wildman–Crippen MR) is 163 cm³/mol. The summed E-state index contributed by atoms with van der Waals surface area (Å²) in [5, 5.41) is 11.9. The van der Waals surface area contributed by atoms with Gasteiger partial charge in [-0.25, -0.2) is 13.2 Å². The maximum Gasteiger partial charge on any atom is 0.410 e. The number of alkyl halides is 2. The van der Waals surface area contributed by atoms with Crippen LogP contribution in [0.2, 0.25) is 10.0 Å². The Morgan fingerprint density at radius 1 is 1.09 bits per heavy atom. The molecule has 1 aliphatic rings. The molecular weight excluding hydrogens is 657 g/mol. The number of hydrogen-bond donors (Lipinski definition) is 0. The molecule has 1 fully saturated rings. The summed E-state index contributed by atoms with van der Waals surface area (Å²) in [5.41, 5.74) is 1.74. The van der Waals surface area contributed by atoms with E-state index in [1.807, 2.05) is 0 Å². The number of ether oxygens (including phenoxy) is 4. The number of amides is 1. The lowest BCUT2D eigenvalue weighted by atomic mass is 10.0. The number of aromatic nitrogens is 1. The molecule has 2 aromatic carbocycles. The van der Waals surface area contributed by atoms with Crippen LogP contribution in [0, 0.1) is 11.1 Å². The quantitative estimate of drug-likeness (QED) is 0.147. The lowest BCUT2D eigenvalue weighted by molar-refractivity contribution is -0.605. The Balaban J connectivity index is 1.62. The third-order valence-corrected chi connectivity index (χ3v) is 8.40. The minimum absolute atomic E-state index is 0.0337. The average Bonchev–Trinajstić information content (AvgIpc) is 3.77. The van der Waals surface area contributed by atoms with Gasteiger partial charge >= 0.3 is 12.7 Å². The van der Waals surface area contributed by atoms with Gasteiger partial charge in [0, 0.05) is 37.4 Å². The van der Waals surface area contributed by atoms with E-state index in [0.29, 0.717) is 45.3 Å². The highest BCUT2D eigenvalue weighted by atomic mass is 35.5. The second kappa shape index (κ2) is 14.7. The van der Waals surface area contributed by atoms with E-state index in [1.165, 1.54) is 37.3 Å². The Bertz CT molecular complexity index is 1620. The number of rotatable bonds is 14. The fourth-order valence-electron chi connectivity index (χ4n) is 4.54. The fourth-order valence-corrected chi connectivity index (χ4v) is 5.93. The van der Waals surface area contributed by atoms with Gasteiger partial charge in [0.25, 0.3) is 0 Å². The summed E-state index contributed by atoms with van der Waals surface area (Å²) in [5.74, 6) is 0.326. The van der Waals surface area contributed by atoms with E-state index in [2.05, 4.69) is 4.74 Å². The first-order chi connectivity index (χ1) is 21.2. The zero-order valence-electron chi connectivity index (χ0n) is 24.7. The van der Waals surface area contributed by atoms with Crippen molar-refractivity contribution in [3.05, 3.63) is 86.3 Å². The summed E-state index contributed by atoms with van der Waals surface area (Å²) >= 11 is 12.7. The minimum atomic E-state index is -3.37. The standard InChI is InChI=1S/C30H32Cl2F2N2O8S/c1-35(13-19-6-8-25(41-2)21(10-19)17-45(3,39)40)30(37)44-27(12-22-23(31)14-36(38)15-24(22)32)20-7-9-26(43-29(33)34)28(11-20)42-16-18-4-5-18/h6-11,14-15,18,27,29H,4-5,12-13,16-17H2,1-3H3/t27-/m0/s1. The number of carbonyl (C=O) groups excluding carboxylic acids is 1. The Hall–Kier alpha value is -3.55. The smallest absolute Gasteiger partial charge is 0.410 e. The maximum atomic E-state index is 13.4. The maximum absolute atomic E-state index is 13.4. The van der Waals surface area contributed by atoms with Gasteiger partial charge in [0.05, 0.1) is 19.5 Å². The van der Waals surface area contributed by atoms with Crippen molar-refractivity contribution in [3.8, 4) is 17.2 Å². The topological polar surface area (TPSA) is 118 Å². The van der Waals surface area contributed by atoms with Crippen molar-refractivity contribution in [1.29, 1.82) is 0 Å². The van der Waals surface area contributed by atoms with Crippen LogP contribution in [0.1, 0.15) is 41.2 Å². The van der Waals surface area contributed by atoms with E-state index < -0.39 is 28.6 Å². The number of methoxy groups -OCH3 is 1. The number of carbonyl (C=O) groups is 1. The first-order valence-corrected chi connectivity index (χ1v) is 16.6. The van der Waals surface area contributed by atoms with E-state index in [9.17, 15) is 27.2 Å². The van der Waals surface area contributed by atoms with Gasteiger partial charge in [-0.2, -0.15) is 13.5 Å². The molecular formula is C30H32Cl2F2N2O8S. The highest BCUT2D eigenvalue weighted by Gasteiger charge is 2.27. The average molecular weight is 690 g/mol. The number of halogens is 4. The summed E-state index contributed by atoms with van der Waals surface area (Å²) < 4.78 is 72.2. The monoisotopic (exact) mass is 688 g/mol. The second-order valence-electron chi connectivity index (χ2n) is 10.8. The van der Waals surface area contributed by atoms with Gasteiger partial charge in [-0.05, 0) is 54.2 Å². The van der Waals surface area contributed by atoms with E-state index in [1.54, 1.807) is 18.2 Å². The lowest BCUT2D eigenvalue weighted by Gasteiger charge is -2.25. The van der Waals surface area contributed by atoms with Gasteiger partial charge in [0.15, 0.2) is 33.7 Å². The molecule has 1 aliphatic carbocycles. The van der Waals surface area contributed by atoms with Crippen molar-refractivity contribution in [2.75, 3.05) is 27.0 Å². The second-order valence-corrected chi connectivity index (χ2v) is 13.7. The molecule has 0 saturated heterocycles. The van der Waals surface area contributed by atoms with Gasteiger partial charge < -0.3 is 29.1 Å². The normalized spacial score (nSPS) is 13.8. The van der Waals surface area contributed by atoms with Gasteiger partial charge in [-0.15, -0.1) is 0 Å². The van der Waals surface area contributed by atoms with Crippen LogP contribution in [-0.4, -0.2) is 53.0 Å². The molecule has 0 aliphatic heterocycles. The van der Waals surface area contributed by atoms with Crippen LogP contribution in [0.25, 0.3) is 0 Å². The van der Waals surface area contributed by atoms with Crippen LogP contribution in [-0.2, 0) is 33.3 Å². The van der Waals surface area contributed by atoms with E-state index >= 15 is 0 Å². The zero-order chi connectivity index (χ0) is 32.9. The molecule has 4 rings (SSSR count). The molecule has 15 heteroatoms. The van der Waals surface area contributed by atoms with E-state index in [0.717, 1.165) is 31.5 Å². The first kappa shape index (κ1) is 34.3. The van der Waals surface area contributed by atoms with Crippen molar-refractivity contribution in [2.24, 2.45) is 5.92 Å². The molecule has 0 spiro atoms. The third kappa shape index (κ3) is 9.97. The van der Waals surface area contributed by atoms with Crippen LogP contribution in [0.3, 0.4) is 0 Å². The van der Waals surface area contributed by atoms with E-state index in [-0.39, 0.29) is 40.3 Å². The lowest BCUT2D eigenvalue weighted by Crippen LogP contribution is -2.29. The number of nitrogens with zero attached hydrogens (tertiary/aromatic N) is 2. The SMILES string of the molecule is COc1ccc(CN(C)C(=O)O[C@@H](Cc2c(Cl)c[n+]([O-])cc2Cl)c2ccc(OC(F)F)c(OCC3CC3)c2)cc1CS(C)(=O)=O. The molecule has 0 unspecified atom stereocenters. The molecule has 1 aromatic heterocycles. The summed E-state index contributed by atoms with van der Waals surface area (Å²) in [6.07, 6.45) is 3.35. The van der Waals surface area contributed by atoms with Crippen molar-refractivity contribution in [1.82, 2.24) is 4.90 Å². The zero-order valence-corrected chi connectivity index (χ0v) is 27.0. The summed E-state index contributed by atoms with van der Waals surface area (Å²) in [7, 11) is -0.441. The minimum Gasteiger partial charge on any atom is -0.619 e. The molecule has 10 nitrogen and oxygen atoms in total. The third-order valence-electron chi connectivity index (χ3n) is 6.91. The molecule has 244 valence electrons. The Morgan fingerprint density at radius 2 is 1.76 bits per heavy atom. The predicted octanol–water partition coefficient (Wildman–Crippen LogP) is 6.12. The summed E-state index contributed by atoms with van der Waals surface area (Å²) in [6.45, 7) is -2.73. The van der Waals surface area contributed by atoms with Crippen LogP contribution >= 0.6 is 23.2 Å². The van der Waals surface area contributed by atoms with Crippen LogP contribution in [0.5, 0.6) is 17.2 Å². The van der Waals surface area contributed by atoms with Gasteiger partial charge in [0.2, 0.25) is 0 Å². The van der Waals surface area contributed by atoms with Gasteiger partial charge in [-0.1, -0.05) is 35.3 Å². The molecule has 0 N–H and O–H groups in total. The Kier molecular flexibility index (Phi) is 11.2.